The molecule has 2 aromatic heterocycles. The molecule has 0 unspecified atom stereocenters. The van der Waals surface area contributed by atoms with Crippen LogP contribution in [0.2, 0.25) is 18.1 Å². The molecule has 1 aliphatic rings. The van der Waals surface area contributed by atoms with Crippen molar-refractivity contribution in [3.05, 3.63) is 36.2 Å². The first-order valence-electron chi connectivity index (χ1n) is 16.9. The summed E-state index contributed by atoms with van der Waals surface area (Å²) in [7, 11) is 0.893. The number of carbonyl (C=O) groups excluding carboxylic acids is 2. The van der Waals surface area contributed by atoms with Crippen LogP contribution in [-0.2, 0) is 34.4 Å². The molecule has 282 valence electrons. The van der Waals surface area contributed by atoms with Crippen molar-refractivity contribution in [3.8, 4) is 11.6 Å². The average Bonchev–Trinajstić information content (AvgIpc) is 3.62. The summed E-state index contributed by atoms with van der Waals surface area (Å²) in [6.45, 7) is 16.2. The van der Waals surface area contributed by atoms with Crippen LogP contribution in [0.5, 0.6) is 11.6 Å². The van der Waals surface area contributed by atoms with Gasteiger partial charge in [0.1, 0.15) is 24.7 Å². The number of benzene rings is 1. The molecule has 14 nitrogen and oxygen atoms in total. The van der Waals surface area contributed by atoms with E-state index in [1.165, 1.54) is 4.67 Å². The van der Waals surface area contributed by atoms with Crippen LogP contribution in [0.15, 0.2) is 30.6 Å². The lowest BCUT2D eigenvalue weighted by Crippen LogP contribution is -2.46. The maximum atomic E-state index is 12.9. The minimum Gasteiger partial charge on any atom is -0.471 e. The Kier molecular flexibility index (Phi) is 12.5. The van der Waals surface area contributed by atoms with Crippen molar-refractivity contribution in [2.45, 2.75) is 105 Å². The molecule has 4 atom stereocenters. The summed E-state index contributed by atoms with van der Waals surface area (Å²) in [5, 5.41) is 2.69. The Morgan fingerprint density at radius 1 is 1.12 bits per heavy atom. The molecule has 0 saturated carbocycles. The van der Waals surface area contributed by atoms with Crippen molar-refractivity contribution in [1.82, 2.24) is 24.2 Å². The van der Waals surface area contributed by atoms with Crippen molar-refractivity contribution in [3.63, 3.8) is 0 Å². The number of fused-ring (bicyclic) bond motifs is 1. The van der Waals surface area contributed by atoms with E-state index < -0.39 is 39.0 Å². The molecule has 0 aliphatic carbocycles. The standard InChI is InChI=1S/C34H52ClN6O8PSi/c1-21(2)29(42)38-32-37-28-27(30(39-32)45-18-22-13-15-23(16-14-22)47-31(43)33(3,4)5)36-20-41(28)26-17-24(49-51(11,12)34(6,7)8)25(48-26)19-46-50(35,44)40(9)10/h13-16,20-21,24-26H,17-19H2,1-12H3,(H,37,38,39,42)/t24-,25+,26+,50+/m0/s1. The maximum absolute atomic E-state index is 12.9. The average molecular weight is 767 g/mol. The van der Waals surface area contributed by atoms with Gasteiger partial charge >= 0.3 is 12.8 Å². The zero-order chi connectivity index (χ0) is 38.1. The zero-order valence-corrected chi connectivity index (χ0v) is 34.3. The van der Waals surface area contributed by atoms with Crippen LogP contribution in [0, 0.1) is 11.3 Å². The van der Waals surface area contributed by atoms with Gasteiger partial charge in [-0.25, -0.2) is 9.65 Å². The third-order valence-corrected chi connectivity index (χ3v) is 16.0. The Bertz CT molecular complexity index is 1760. The third kappa shape index (κ3) is 10.2. The SMILES string of the molecule is CC(C)C(=O)Nc1nc(OCc2ccc(OC(=O)C(C)(C)C)cc2)c2ncn([C@H]3C[C@H](O[Si](C)(C)C(C)(C)C)[C@@H](CO[P@](=O)(Cl)N(C)C)O3)c2n1. The van der Waals surface area contributed by atoms with Crippen molar-refractivity contribution in [2.75, 3.05) is 26.0 Å². The van der Waals surface area contributed by atoms with Gasteiger partial charge in [0.25, 0.3) is 0 Å². The van der Waals surface area contributed by atoms with Crippen molar-refractivity contribution in [1.29, 1.82) is 0 Å². The molecule has 1 fully saturated rings. The van der Waals surface area contributed by atoms with Crippen LogP contribution in [0.25, 0.3) is 11.2 Å². The lowest BCUT2D eigenvalue weighted by atomic mass is 9.97. The number of hydrogen-bond acceptors (Lipinski definition) is 11. The normalized spacial score (nSPS) is 19.8. The van der Waals surface area contributed by atoms with E-state index in [4.69, 9.17) is 34.4 Å². The number of carbonyl (C=O) groups is 2. The van der Waals surface area contributed by atoms with Crippen molar-refractivity contribution in [2.24, 2.45) is 11.3 Å². The highest BCUT2D eigenvalue weighted by atomic mass is 35.7. The fraction of sp³-hybridized carbons (Fsp3) is 0.618. The largest absolute Gasteiger partial charge is 0.471 e. The Morgan fingerprint density at radius 2 is 1.76 bits per heavy atom. The number of rotatable bonds is 13. The highest BCUT2D eigenvalue weighted by Gasteiger charge is 2.46. The van der Waals surface area contributed by atoms with E-state index in [0.29, 0.717) is 23.3 Å². The molecule has 3 aromatic rings. The monoisotopic (exact) mass is 766 g/mol. The molecule has 17 heteroatoms. The molecule has 0 bridgehead atoms. The molecule has 1 N–H and O–H groups in total. The van der Waals surface area contributed by atoms with Crippen LogP contribution >= 0.6 is 18.1 Å². The second-order valence-electron chi connectivity index (χ2n) is 15.8. The fourth-order valence-electron chi connectivity index (χ4n) is 4.56. The number of esters is 1. The van der Waals surface area contributed by atoms with E-state index in [2.05, 4.69) is 54.1 Å². The van der Waals surface area contributed by atoms with Crippen LogP contribution in [0.3, 0.4) is 0 Å². The van der Waals surface area contributed by atoms with Crippen molar-refractivity contribution >= 4 is 55.4 Å². The molecule has 1 aliphatic heterocycles. The van der Waals surface area contributed by atoms with Gasteiger partial charge in [-0.1, -0.05) is 46.8 Å². The van der Waals surface area contributed by atoms with Gasteiger partial charge in [0.05, 0.1) is 24.5 Å². The van der Waals surface area contributed by atoms with Gasteiger partial charge < -0.3 is 23.2 Å². The Hall–Kier alpha value is -2.91. The smallest absolute Gasteiger partial charge is 0.362 e. The number of anilines is 1. The fourth-order valence-corrected chi connectivity index (χ4v) is 6.65. The quantitative estimate of drug-likeness (QED) is 0.0790. The number of ether oxygens (including phenoxy) is 3. The first kappa shape index (κ1) is 40.9. The Labute approximate surface area is 306 Å². The number of amides is 1. The number of imidazole rings is 1. The molecule has 3 heterocycles. The summed E-state index contributed by atoms with van der Waals surface area (Å²) >= 11 is 6.20. The molecule has 1 amide bonds. The van der Waals surface area contributed by atoms with Crippen LogP contribution in [0.1, 0.15) is 73.6 Å². The number of nitrogens with zero attached hydrogens (tertiary/aromatic N) is 5. The molecule has 4 rings (SSSR count). The highest BCUT2D eigenvalue weighted by Crippen LogP contribution is 2.54. The third-order valence-electron chi connectivity index (χ3n) is 8.89. The highest BCUT2D eigenvalue weighted by molar-refractivity contribution is 7.83. The van der Waals surface area contributed by atoms with Gasteiger partial charge in [0, 0.05) is 12.3 Å². The lowest BCUT2D eigenvalue weighted by Gasteiger charge is -2.39. The van der Waals surface area contributed by atoms with Crippen LogP contribution in [-0.4, -0.2) is 77.3 Å². The van der Waals surface area contributed by atoms with Crippen LogP contribution in [0.4, 0.5) is 5.95 Å². The summed E-state index contributed by atoms with van der Waals surface area (Å²) in [5.74, 6) is -0.304. The van der Waals surface area contributed by atoms with Crippen LogP contribution < -0.4 is 14.8 Å². The summed E-state index contributed by atoms with van der Waals surface area (Å²) in [6, 6.07) is 6.97. The van der Waals surface area contributed by atoms with Gasteiger partial charge in [-0.05, 0) is 81.9 Å². The molecule has 1 aromatic carbocycles. The van der Waals surface area contributed by atoms with E-state index in [0.717, 1.165) is 5.56 Å². The summed E-state index contributed by atoms with van der Waals surface area (Å²) in [5.41, 5.74) is 0.879. The predicted octanol–water partition coefficient (Wildman–Crippen LogP) is 7.55. The van der Waals surface area contributed by atoms with E-state index in [1.54, 1.807) is 83.9 Å². The zero-order valence-electron chi connectivity index (χ0n) is 31.6. The van der Waals surface area contributed by atoms with E-state index >= 15 is 0 Å². The predicted molar refractivity (Wildman–Crippen MR) is 198 cm³/mol. The van der Waals surface area contributed by atoms with E-state index in [-0.39, 0.29) is 47.9 Å². The summed E-state index contributed by atoms with van der Waals surface area (Å²) < 4.78 is 46.6. The van der Waals surface area contributed by atoms with Gasteiger partial charge in [-0.2, -0.15) is 9.97 Å². The first-order chi connectivity index (χ1) is 23.5. The second kappa shape index (κ2) is 15.6. The Balaban J connectivity index is 1.65. The van der Waals surface area contributed by atoms with E-state index in [9.17, 15) is 14.2 Å². The minimum atomic E-state index is -3.57. The molecular weight excluding hydrogens is 715 g/mol. The van der Waals surface area contributed by atoms with Gasteiger partial charge in [-0.3, -0.25) is 24.0 Å². The van der Waals surface area contributed by atoms with Gasteiger partial charge in [0.2, 0.25) is 17.7 Å². The summed E-state index contributed by atoms with van der Waals surface area (Å²) in [4.78, 5) is 38.8. The molecule has 51 heavy (non-hydrogen) atoms. The van der Waals surface area contributed by atoms with Gasteiger partial charge in [-0.15, -0.1) is 0 Å². The minimum absolute atomic E-state index is 0.0448. The number of aromatic nitrogens is 4. The number of hydrogen-bond donors (Lipinski definition) is 1. The molecular formula is C34H52ClN6O8PSi. The Morgan fingerprint density at radius 3 is 2.33 bits per heavy atom. The van der Waals surface area contributed by atoms with Gasteiger partial charge in [0.15, 0.2) is 19.5 Å². The molecule has 1 saturated heterocycles. The summed E-state index contributed by atoms with van der Waals surface area (Å²) in [6.07, 6.45) is 0.391. The lowest BCUT2D eigenvalue weighted by molar-refractivity contribution is -0.143. The second-order valence-corrected chi connectivity index (χ2v) is 23.8. The first-order valence-corrected chi connectivity index (χ1v) is 22.3. The maximum Gasteiger partial charge on any atom is 0.362 e. The number of halogens is 1. The van der Waals surface area contributed by atoms with E-state index in [1.807, 2.05) is 0 Å². The topological polar surface area (TPSA) is 156 Å². The molecule has 0 radical (unpaired) electrons. The number of nitrogens with one attached hydrogen (secondary N) is 1. The van der Waals surface area contributed by atoms with Crippen molar-refractivity contribution < 1.29 is 37.3 Å². The molecule has 0 spiro atoms.